The van der Waals surface area contributed by atoms with E-state index in [1.54, 1.807) is 11.3 Å². The first-order chi connectivity index (χ1) is 12.6. The molecule has 2 saturated heterocycles. The van der Waals surface area contributed by atoms with Gasteiger partial charge in [0.1, 0.15) is 0 Å². The number of thiophene rings is 1. The smallest absolute Gasteiger partial charge is 0.263 e. The van der Waals surface area contributed by atoms with Crippen molar-refractivity contribution in [3.05, 3.63) is 21.4 Å². The molecule has 0 bridgehead atoms. The second-order valence-electron chi connectivity index (χ2n) is 8.28. The first kappa shape index (κ1) is 18.4. The molecular formula is C20H31N3O2S. The van der Waals surface area contributed by atoms with Crippen LogP contribution in [0.25, 0.3) is 0 Å². The average Bonchev–Trinajstić information content (AvgIpc) is 3.27. The van der Waals surface area contributed by atoms with Gasteiger partial charge >= 0.3 is 0 Å². The average molecular weight is 378 g/mol. The largest absolute Gasteiger partial charge is 0.396 e. The molecular weight excluding hydrogens is 346 g/mol. The minimum atomic E-state index is 0.184. The van der Waals surface area contributed by atoms with E-state index in [2.05, 4.69) is 22.9 Å². The molecule has 4 rings (SSSR count). The number of carbonyl (C=O) groups is 1. The maximum absolute atomic E-state index is 13.0. The van der Waals surface area contributed by atoms with Gasteiger partial charge in [-0.2, -0.15) is 0 Å². The summed E-state index contributed by atoms with van der Waals surface area (Å²) in [5, 5.41) is 9.85. The van der Waals surface area contributed by atoms with Crippen LogP contribution in [0.4, 0.5) is 0 Å². The number of rotatable bonds is 4. The van der Waals surface area contributed by atoms with Gasteiger partial charge in [0.05, 0.1) is 4.88 Å². The van der Waals surface area contributed by atoms with E-state index in [1.165, 1.54) is 23.3 Å². The first-order valence-corrected chi connectivity index (χ1v) is 10.9. The van der Waals surface area contributed by atoms with Crippen molar-refractivity contribution in [2.24, 2.45) is 11.8 Å². The van der Waals surface area contributed by atoms with E-state index in [0.717, 1.165) is 57.0 Å². The monoisotopic (exact) mass is 377 g/mol. The number of piperazine rings is 1. The summed E-state index contributed by atoms with van der Waals surface area (Å²) in [4.78, 5) is 22.2. The Morgan fingerprint density at radius 1 is 1.15 bits per heavy atom. The third kappa shape index (κ3) is 3.84. The lowest BCUT2D eigenvalue weighted by Crippen LogP contribution is -2.47. The summed E-state index contributed by atoms with van der Waals surface area (Å²) in [5.74, 6) is 0.791. The minimum Gasteiger partial charge on any atom is -0.396 e. The fourth-order valence-corrected chi connectivity index (χ4v) is 5.85. The Morgan fingerprint density at radius 3 is 2.62 bits per heavy atom. The van der Waals surface area contributed by atoms with Gasteiger partial charge in [0, 0.05) is 63.2 Å². The highest BCUT2D eigenvalue weighted by Crippen LogP contribution is 2.32. The van der Waals surface area contributed by atoms with E-state index >= 15 is 0 Å². The molecule has 1 N–H and O–H groups in total. The van der Waals surface area contributed by atoms with E-state index < -0.39 is 0 Å². The molecule has 1 aliphatic carbocycles. The molecule has 3 aliphatic rings. The molecule has 0 aromatic carbocycles. The van der Waals surface area contributed by atoms with Crippen LogP contribution < -0.4 is 0 Å². The van der Waals surface area contributed by atoms with Crippen molar-refractivity contribution in [3.8, 4) is 0 Å². The van der Waals surface area contributed by atoms with E-state index in [0.29, 0.717) is 12.5 Å². The van der Waals surface area contributed by atoms with Crippen molar-refractivity contribution in [2.45, 2.75) is 25.7 Å². The van der Waals surface area contributed by atoms with Crippen LogP contribution in [-0.2, 0) is 12.8 Å². The molecule has 0 unspecified atom stereocenters. The Labute approximate surface area is 160 Å². The van der Waals surface area contributed by atoms with Crippen molar-refractivity contribution in [1.82, 2.24) is 14.7 Å². The molecule has 3 heterocycles. The number of hydrogen-bond donors (Lipinski definition) is 1. The molecule has 2 aliphatic heterocycles. The van der Waals surface area contributed by atoms with Gasteiger partial charge < -0.3 is 19.8 Å². The molecule has 2 fully saturated rings. The quantitative estimate of drug-likeness (QED) is 0.865. The fourth-order valence-electron chi connectivity index (χ4n) is 4.63. The maximum Gasteiger partial charge on any atom is 0.263 e. The highest BCUT2D eigenvalue weighted by Gasteiger charge is 2.37. The number of likely N-dealkylation sites (tertiary alicyclic amines) is 1. The molecule has 2 atom stereocenters. The predicted octanol–water partition coefficient (Wildman–Crippen LogP) is 1.55. The Morgan fingerprint density at radius 2 is 1.88 bits per heavy atom. The topological polar surface area (TPSA) is 47.0 Å². The third-order valence-corrected chi connectivity index (χ3v) is 7.62. The molecule has 0 spiro atoms. The summed E-state index contributed by atoms with van der Waals surface area (Å²) < 4.78 is 0. The van der Waals surface area contributed by atoms with E-state index in [9.17, 15) is 9.90 Å². The van der Waals surface area contributed by atoms with Crippen molar-refractivity contribution >= 4 is 17.2 Å². The molecule has 144 valence electrons. The molecule has 26 heavy (non-hydrogen) atoms. The molecule has 0 radical (unpaired) electrons. The fraction of sp³-hybridized carbons (Fsp3) is 0.750. The van der Waals surface area contributed by atoms with Crippen LogP contribution in [0.1, 0.15) is 33.0 Å². The van der Waals surface area contributed by atoms with Gasteiger partial charge in [-0.15, -0.1) is 11.3 Å². The Bertz CT molecular complexity index is 616. The normalized spacial score (nSPS) is 27.7. The summed E-state index contributed by atoms with van der Waals surface area (Å²) in [6.07, 6.45) is 4.77. The lowest BCUT2D eigenvalue weighted by molar-refractivity contribution is 0.0781. The summed E-state index contributed by atoms with van der Waals surface area (Å²) in [5.41, 5.74) is 1.40. The van der Waals surface area contributed by atoms with Crippen LogP contribution in [0.2, 0.25) is 0 Å². The first-order valence-electron chi connectivity index (χ1n) is 10.1. The van der Waals surface area contributed by atoms with Gasteiger partial charge in [-0.1, -0.05) is 0 Å². The number of hydrogen-bond acceptors (Lipinski definition) is 5. The van der Waals surface area contributed by atoms with Crippen LogP contribution in [0.15, 0.2) is 6.07 Å². The van der Waals surface area contributed by atoms with Gasteiger partial charge in [-0.05, 0) is 50.3 Å². The van der Waals surface area contributed by atoms with Gasteiger partial charge in [-0.25, -0.2) is 0 Å². The van der Waals surface area contributed by atoms with Gasteiger partial charge in [0.25, 0.3) is 5.91 Å². The molecule has 1 amide bonds. The van der Waals surface area contributed by atoms with Gasteiger partial charge in [0.15, 0.2) is 0 Å². The number of aryl methyl sites for hydroxylation is 2. The SMILES string of the molecule is CN1CCN(C[C@@H]2CN(C(=O)c3cc4c(s3)CCCC4)C[C@@H]2CO)CC1. The zero-order valence-electron chi connectivity index (χ0n) is 15.8. The minimum absolute atomic E-state index is 0.184. The van der Waals surface area contributed by atoms with E-state index in [1.807, 2.05) is 4.90 Å². The zero-order valence-corrected chi connectivity index (χ0v) is 16.6. The van der Waals surface area contributed by atoms with E-state index in [-0.39, 0.29) is 18.4 Å². The molecule has 0 saturated carbocycles. The zero-order chi connectivity index (χ0) is 18.1. The van der Waals surface area contributed by atoms with Crippen molar-refractivity contribution in [2.75, 3.05) is 59.5 Å². The second-order valence-corrected chi connectivity index (χ2v) is 9.42. The summed E-state index contributed by atoms with van der Waals surface area (Å²) in [6.45, 7) is 7.09. The van der Waals surface area contributed by atoms with Crippen molar-refractivity contribution < 1.29 is 9.90 Å². The van der Waals surface area contributed by atoms with Crippen LogP contribution in [-0.4, -0.2) is 85.2 Å². The van der Waals surface area contributed by atoms with Crippen LogP contribution in [0.5, 0.6) is 0 Å². The standard InChI is InChI=1S/C20H31N3O2S/c1-21-6-8-22(9-7-21)11-16-12-23(13-17(16)14-24)20(25)19-10-15-4-2-3-5-18(15)26-19/h10,16-17,24H,2-9,11-14H2,1H3/t16-,17-/m1/s1. The predicted molar refractivity (Wildman–Crippen MR) is 105 cm³/mol. The number of aliphatic hydroxyl groups excluding tert-OH is 1. The summed E-state index contributed by atoms with van der Waals surface area (Å²) >= 11 is 1.71. The summed E-state index contributed by atoms with van der Waals surface area (Å²) in [7, 11) is 2.17. The Hall–Kier alpha value is -0.950. The number of likely N-dealkylation sites (N-methyl/N-ethyl adjacent to an activating group) is 1. The lowest BCUT2D eigenvalue weighted by atomic mass is 9.96. The maximum atomic E-state index is 13.0. The number of aliphatic hydroxyl groups is 1. The van der Waals surface area contributed by atoms with Crippen molar-refractivity contribution in [3.63, 3.8) is 0 Å². The Kier molecular flexibility index (Phi) is 5.64. The molecule has 5 nitrogen and oxygen atoms in total. The number of amides is 1. The Balaban J connectivity index is 1.39. The second kappa shape index (κ2) is 7.97. The van der Waals surface area contributed by atoms with Gasteiger partial charge in [-0.3, -0.25) is 4.79 Å². The number of nitrogens with zero attached hydrogens (tertiary/aromatic N) is 3. The summed E-state index contributed by atoms with van der Waals surface area (Å²) in [6, 6.07) is 2.14. The highest BCUT2D eigenvalue weighted by molar-refractivity contribution is 7.14. The lowest BCUT2D eigenvalue weighted by Gasteiger charge is -2.34. The number of carbonyl (C=O) groups excluding carboxylic acids is 1. The van der Waals surface area contributed by atoms with Crippen LogP contribution in [0, 0.1) is 11.8 Å². The molecule has 6 heteroatoms. The van der Waals surface area contributed by atoms with E-state index in [4.69, 9.17) is 0 Å². The number of fused-ring (bicyclic) bond motifs is 1. The van der Waals surface area contributed by atoms with Crippen LogP contribution in [0.3, 0.4) is 0 Å². The molecule has 1 aromatic rings. The highest BCUT2D eigenvalue weighted by atomic mass is 32.1. The molecule has 1 aromatic heterocycles. The van der Waals surface area contributed by atoms with Gasteiger partial charge in [0.2, 0.25) is 0 Å². The van der Waals surface area contributed by atoms with Crippen molar-refractivity contribution in [1.29, 1.82) is 0 Å². The van der Waals surface area contributed by atoms with Crippen LogP contribution >= 0.6 is 11.3 Å². The third-order valence-electron chi connectivity index (χ3n) is 6.39.